The maximum atomic E-state index is 11.9. The zero-order valence-electron chi connectivity index (χ0n) is 9.69. The number of sulfonamides is 1. The molecule has 0 spiro atoms. The van der Waals surface area contributed by atoms with Crippen LogP contribution in [0.1, 0.15) is 15.2 Å². The number of rotatable bonds is 4. The molecule has 100 valence electrons. The first-order valence-electron chi connectivity index (χ1n) is 5.03. The predicted molar refractivity (Wildman–Crippen MR) is 68.9 cm³/mol. The molecule has 2 aromatic heterocycles. The number of nitrogens with one attached hydrogen (secondary N) is 1. The monoisotopic (exact) mass is 299 g/mol. The first kappa shape index (κ1) is 13.4. The Morgan fingerprint density at radius 2 is 2.05 bits per heavy atom. The van der Waals surface area contributed by atoms with Crippen molar-refractivity contribution in [1.82, 2.24) is 9.97 Å². The summed E-state index contributed by atoms with van der Waals surface area (Å²) < 4.78 is 26.1. The number of aryl methyl sites for hydroxylation is 1. The molecule has 0 radical (unpaired) electrons. The Kier molecular flexibility index (Phi) is 3.49. The van der Waals surface area contributed by atoms with Crippen LogP contribution in [-0.2, 0) is 10.0 Å². The van der Waals surface area contributed by atoms with Gasteiger partial charge in [0.05, 0.1) is 5.56 Å². The van der Waals surface area contributed by atoms with Gasteiger partial charge in [-0.15, -0.1) is 11.3 Å². The van der Waals surface area contributed by atoms with Crippen LogP contribution in [0.4, 0.5) is 5.13 Å². The maximum Gasteiger partial charge on any atom is 0.337 e. The molecule has 0 amide bonds. The number of aromatic nitrogens is 2. The Labute approximate surface area is 113 Å². The largest absolute Gasteiger partial charge is 0.478 e. The summed E-state index contributed by atoms with van der Waals surface area (Å²) >= 11 is 1.19. The summed E-state index contributed by atoms with van der Waals surface area (Å²) in [5.74, 6) is -1.17. The molecule has 2 heterocycles. The summed E-state index contributed by atoms with van der Waals surface area (Å²) in [7, 11) is -3.85. The van der Waals surface area contributed by atoms with Gasteiger partial charge in [-0.2, -0.15) is 8.42 Å². The third-order valence-corrected chi connectivity index (χ3v) is 4.31. The van der Waals surface area contributed by atoms with Gasteiger partial charge in [0.25, 0.3) is 10.0 Å². The molecule has 0 aromatic carbocycles. The van der Waals surface area contributed by atoms with Gasteiger partial charge in [-0.05, 0) is 19.1 Å². The standard InChI is InChI=1S/C10H9N3O4S2/c1-6-4-12-10(18-6)13-19(16,17)8-3-2-7(5-11-8)9(14)15/h2-5H,1H3,(H,12,13)(H,14,15). The van der Waals surface area contributed by atoms with Gasteiger partial charge in [-0.1, -0.05) is 0 Å². The van der Waals surface area contributed by atoms with Crippen molar-refractivity contribution in [1.29, 1.82) is 0 Å². The summed E-state index contributed by atoms with van der Waals surface area (Å²) in [5.41, 5.74) is -0.0796. The average Bonchev–Trinajstić information content (AvgIpc) is 2.74. The number of anilines is 1. The highest BCUT2D eigenvalue weighted by Crippen LogP contribution is 2.20. The SMILES string of the molecule is Cc1cnc(NS(=O)(=O)c2ccc(C(=O)O)cn2)s1. The van der Waals surface area contributed by atoms with Crippen molar-refractivity contribution < 1.29 is 18.3 Å². The van der Waals surface area contributed by atoms with Crippen molar-refractivity contribution in [3.63, 3.8) is 0 Å². The van der Waals surface area contributed by atoms with Crippen LogP contribution >= 0.6 is 11.3 Å². The van der Waals surface area contributed by atoms with Gasteiger partial charge in [-0.25, -0.2) is 14.8 Å². The van der Waals surface area contributed by atoms with E-state index in [0.717, 1.165) is 17.1 Å². The summed E-state index contributed by atoms with van der Waals surface area (Å²) in [5, 5.41) is 8.68. The molecule has 0 aliphatic carbocycles. The lowest BCUT2D eigenvalue weighted by Crippen LogP contribution is -2.14. The Bertz CT molecular complexity index is 707. The van der Waals surface area contributed by atoms with Gasteiger partial charge in [0.15, 0.2) is 10.2 Å². The number of hydrogen-bond acceptors (Lipinski definition) is 6. The van der Waals surface area contributed by atoms with E-state index in [1.807, 2.05) is 0 Å². The van der Waals surface area contributed by atoms with Crippen molar-refractivity contribution in [3.05, 3.63) is 35.0 Å². The van der Waals surface area contributed by atoms with Gasteiger partial charge in [-0.3, -0.25) is 4.72 Å². The number of carboxylic acid groups (broad SMARTS) is 1. The zero-order valence-corrected chi connectivity index (χ0v) is 11.3. The van der Waals surface area contributed by atoms with E-state index in [-0.39, 0.29) is 15.7 Å². The molecular formula is C10H9N3O4S2. The number of pyridine rings is 1. The van der Waals surface area contributed by atoms with Crippen molar-refractivity contribution >= 4 is 32.5 Å². The summed E-state index contributed by atoms with van der Waals surface area (Å²) in [6.45, 7) is 1.80. The van der Waals surface area contributed by atoms with Crippen LogP contribution in [-0.4, -0.2) is 29.5 Å². The number of aromatic carboxylic acids is 1. The van der Waals surface area contributed by atoms with E-state index >= 15 is 0 Å². The molecule has 0 bridgehead atoms. The molecule has 2 aromatic rings. The Morgan fingerprint density at radius 1 is 1.32 bits per heavy atom. The normalized spacial score (nSPS) is 11.2. The predicted octanol–water partition coefficient (Wildman–Crippen LogP) is 1.35. The Hall–Kier alpha value is -2.00. The first-order valence-corrected chi connectivity index (χ1v) is 7.33. The summed E-state index contributed by atoms with van der Waals surface area (Å²) in [6.07, 6.45) is 2.54. The molecule has 7 nitrogen and oxygen atoms in total. The van der Waals surface area contributed by atoms with E-state index in [0.29, 0.717) is 0 Å². The molecule has 0 unspecified atom stereocenters. The number of carbonyl (C=O) groups is 1. The molecule has 0 saturated heterocycles. The molecule has 0 saturated carbocycles. The van der Waals surface area contributed by atoms with Crippen LogP contribution < -0.4 is 4.72 Å². The second-order valence-electron chi connectivity index (χ2n) is 3.57. The fraction of sp³-hybridized carbons (Fsp3) is 0.100. The lowest BCUT2D eigenvalue weighted by atomic mass is 10.3. The minimum absolute atomic E-state index is 0.0796. The second-order valence-corrected chi connectivity index (χ2v) is 6.44. The first-order chi connectivity index (χ1) is 8.88. The minimum Gasteiger partial charge on any atom is -0.478 e. The quantitative estimate of drug-likeness (QED) is 0.881. The smallest absolute Gasteiger partial charge is 0.337 e. The molecule has 0 atom stereocenters. The molecular weight excluding hydrogens is 290 g/mol. The van der Waals surface area contributed by atoms with E-state index in [2.05, 4.69) is 14.7 Å². The van der Waals surface area contributed by atoms with Crippen LogP contribution in [0.25, 0.3) is 0 Å². The van der Waals surface area contributed by atoms with E-state index in [9.17, 15) is 13.2 Å². The molecule has 2 rings (SSSR count). The van der Waals surface area contributed by atoms with Gasteiger partial charge >= 0.3 is 5.97 Å². The number of thiazole rings is 1. The Balaban J connectivity index is 2.26. The van der Waals surface area contributed by atoms with Crippen LogP contribution in [0.15, 0.2) is 29.6 Å². The third-order valence-electron chi connectivity index (χ3n) is 2.10. The fourth-order valence-electron chi connectivity index (χ4n) is 1.23. The molecule has 0 aliphatic heterocycles. The summed E-state index contributed by atoms with van der Waals surface area (Å²) in [6, 6.07) is 2.31. The van der Waals surface area contributed by atoms with E-state index in [4.69, 9.17) is 5.11 Å². The fourth-order valence-corrected chi connectivity index (χ4v) is 3.07. The van der Waals surface area contributed by atoms with Gasteiger partial charge in [0, 0.05) is 17.3 Å². The van der Waals surface area contributed by atoms with Crippen molar-refractivity contribution in [2.45, 2.75) is 11.9 Å². The van der Waals surface area contributed by atoms with E-state index in [1.165, 1.54) is 17.4 Å². The number of carboxylic acids is 1. The number of hydrogen-bond donors (Lipinski definition) is 2. The van der Waals surface area contributed by atoms with Crippen molar-refractivity contribution in [2.24, 2.45) is 0 Å². The average molecular weight is 299 g/mol. The molecule has 0 aliphatic rings. The molecule has 19 heavy (non-hydrogen) atoms. The highest BCUT2D eigenvalue weighted by Gasteiger charge is 2.18. The number of nitrogens with zero attached hydrogens (tertiary/aromatic N) is 2. The van der Waals surface area contributed by atoms with Gasteiger partial charge in [0.1, 0.15) is 0 Å². The van der Waals surface area contributed by atoms with Crippen LogP contribution in [0.3, 0.4) is 0 Å². The van der Waals surface area contributed by atoms with Crippen molar-refractivity contribution in [3.8, 4) is 0 Å². The lowest BCUT2D eigenvalue weighted by molar-refractivity contribution is 0.0696. The van der Waals surface area contributed by atoms with E-state index in [1.54, 1.807) is 13.1 Å². The zero-order chi connectivity index (χ0) is 14.0. The molecule has 2 N–H and O–H groups in total. The van der Waals surface area contributed by atoms with Crippen LogP contribution in [0.5, 0.6) is 0 Å². The second kappa shape index (κ2) is 4.94. The molecule has 9 heteroatoms. The summed E-state index contributed by atoms with van der Waals surface area (Å²) in [4.78, 5) is 19.0. The van der Waals surface area contributed by atoms with Gasteiger partial charge in [0.2, 0.25) is 0 Å². The van der Waals surface area contributed by atoms with Gasteiger partial charge < -0.3 is 5.11 Å². The maximum absolute atomic E-state index is 11.9. The highest BCUT2D eigenvalue weighted by atomic mass is 32.2. The van der Waals surface area contributed by atoms with Crippen LogP contribution in [0, 0.1) is 6.92 Å². The third kappa shape index (κ3) is 3.06. The minimum atomic E-state index is -3.85. The lowest BCUT2D eigenvalue weighted by Gasteiger charge is -2.04. The Morgan fingerprint density at radius 3 is 2.53 bits per heavy atom. The topological polar surface area (TPSA) is 109 Å². The van der Waals surface area contributed by atoms with E-state index < -0.39 is 16.0 Å². The highest BCUT2D eigenvalue weighted by molar-refractivity contribution is 7.92. The molecule has 0 fully saturated rings. The van der Waals surface area contributed by atoms with Crippen LogP contribution in [0.2, 0.25) is 0 Å². The van der Waals surface area contributed by atoms with Crippen molar-refractivity contribution in [2.75, 3.05) is 4.72 Å².